The van der Waals surface area contributed by atoms with E-state index in [1.807, 2.05) is 0 Å². The molecule has 2 heterocycles. The third-order valence-corrected chi connectivity index (χ3v) is 2.90. The van der Waals surface area contributed by atoms with Crippen molar-refractivity contribution in [2.24, 2.45) is 0 Å². The molecule has 0 radical (unpaired) electrons. The van der Waals surface area contributed by atoms with E-state index in [0.29, 0.717) is 0 Å². The summed E-state index contributed by atoms with van der Waals surface area (Å²) in [6.45, 7) is 1.27. The van der Waals surface area contributed by atoms with Crippen molar-refractivity contribution in [3.05, 3.63) is 17.8 Å². The Morgan fingerprint density at radius 2 is 2.29 bits per heavy atom. The summed E-state index contributed by atoms with van der Waals surface area (Å²) in [5.74, 6) is 0. The van der Waals surface area contributed by atoms with Crippen molar-refractivity contribution < 1.29 is 20.1 Å². The van der Waals surface area contributed by atoms with Crippen molar-refractivity contribution in [2.75, 3.05) is 6.61 Å². The van der Waals surface area contributed by atoms with Gasteiger partial charge in [0, 0.05) is 6.20 Å². The number of hydrogen-bond acceptors (Lipinski definition) is 6. The molecule has 0 saturated heterocycles. The first-order valence-electron chi connectivity index (χ1n) is 5.32. The number of nitrogens with one attached hydrogen (secondary N) is 1. The lowest BCUT2D eigenvalue weighted by Gasteiger charge is -2.24. The minimum absolute atomic E-state index is 0.0706. The van der Waals surface area contributed by atoms with Gasteiger partial charge in [0.05, 0.1) is 12.6 Å². The van der Waals surface area contributed by atoms with Crippen molar-refractivity contribution in [3.8, 4) is 6.01 Å². The summed E-state index contributed by atoms with van der Waals surface area (Å²) in [6.07, 6.45) is -1.50. The van der Waals surface area contributed by atoms with Crippen LogP contribution in [0.2, 0.25) is 0 Å². The Labute approximate surface area is 97.4 Å². The van der Waals surface area contributed by atoms with Gasteiger partial charge >= 0.3 is 0 Å². The van der Waals surface area contributed by atoms with Gasteiger partial charge in [0.2, 0.25) is 0 Å². The lowest BCUT2D eigenvalue weighted by Crippen LogP contribution is -2.43. The molecule has 1 aromatic rings. The van der Waals surface area contributed by atoms with Crippen LogP contribution in [0.15, 0.2) is 12.3 Å². The van der Waals surface area contributed by atoms with Crippen LogP contribution in [-0.4, -0.2) is 49.8 Å². The predicted molar refractivity (Wildman–Crippen MR) is 56.3 cm³/mol. The third kappa shape index (κ3) is 2.04. The lowest BCUT2D eigenvalue weighted by molar-refractivity contribution is -0.0690. The smallest absolute Gasteiger partial charge is 0.299 e. The monoisotopic (exact) mass is 241 g/mol. The maximum Gasteiger partial charge on any atom is 0.299 e. The summed E-state index contributed by atoms with van der Waals surface area (Å²) >= 11 is 0. The molecule has 0 fully saturated rings. The number of aliphatic hydroxyl groups is 3. The Kier molecular flexibility index (Phi) is 3.14. The van der Waals surface area contributed by atoms with E-state index >= 15 is 0 Å². The molecule has 0 amide bonds. The molecule has 1 aromatic heterocycles. The Hall–Kier alpha value is -1.44. The largest absolute Gasteiger partial charge is 0.456 e. The molecule has 7 nitrogen and oxygen atoms in total. The normalized spacial score (nSPS) is 26.1. The molecule has 0 saturated carbocycles. The van der Waals surface area contributed by atoms with Gasteiger partial charge in [-0.2, -0.15) is 4.98 Å². The highest BCUT2D eigenvalue weighted by atomic mass is 16.5. The van der Waals surface area contributed by atoms with E-state index in [0.717, 1.165) is 0 Å². The van der Waals surface area contributed by atoms with Crippen LogP contribution in [0.5, 0.6) is 6.01 Å². The first-order chi connectivity index (χ1) is 8.04. The second-order valence-electron chi connectivity index (χ2n) is 4.07. The molecule has 0 bridgehead atoms. The van der Waals surface area contributed by atoms with Gasteiger partial charge in [-0.15, -0.1) is 0 Å². The summed E-state index contributed by atoms with van der Waals surface area (Å²) in [4.78, 5) is 3.87. The summed E-state index contributed by atoms with van der Waals surface area (Å²) in [6, 6.07) is 1.52. The molecule has 0 aromatic carbocycles. The van der Waals surface area contributed by atoms with Crippen LogP contribution in [0.3, 0.4) is 0 Å². The van der Waals surface area contributed by atoms with Crippen LogP contribution in [0.25, 0.3) is 0 Å². The quantitative estimate of drug-likeness (QED) is 0.509. The van der Waals surface area contributed by atoms with Crippen LogP contribution < -0.4 is 10.2 Å². The highest BCUT2D eigenvalue weighted by Crippen LogP contribution is 2.30. The van der Waals surface area contributed by atoms with Gasteiger partial charge in [0.15, 0.2) is 11.6 Å². The molecular formula is C10H15N3O4. The van der Waals surface area contributed by atoms with E-state index in [-0.39, 0.29) is 17.5 Å². The zero-order chi connectivity index (χ0) is 12.6. The second kappa shape index (κ2) is 4.44. The van der Waals surface area contributed by atoms with E-state index in [1.165, 1.54) is 6.07 Å². The van der Waals surface area contributed by atoms with Gasteiger partial charge < -0.3 is 20.1 Å². The Bertz CT molecular complexity index is 461. The lowest BCUT2D eigenvalue weighted by atomic mass is 10.0. The van der Waals surface area contributed by atoms with Crippen molar-refractivity contribution in [1.82, 2.24) is 9.55 Å². The molecule has 94 valence electrons. The maximum atomic E-state index is 9.81. The molecule has 0 aliphatic carbocycles. The fourth-order valence-corrected chi connectivity index (χ4v) is 1.87. The van der Waals surface area contributed by atoms with E-state index in [2.05, 4.69) is 4.98 Å². The number of aliphatic hydroxyl groups excluding tert-OH is 3. The Morgan fingerprint density at radius 3 is 2.94 bits per heavy atom. The van der Waals surface area contributed by atoms with Crippen molar-refractivity contribution in [3.63, 3.8) is 0 Å². The van der Waals surface area contributed by atoms with Gasteiger partial charge in [-0.3, -0.25) is 9.98 Å². The van der Waals surface area contributed by atoms with E-state index in [4.69, 9.17) is 15.3 Å². The van der Waals surface area contributed by atoms with Crippen LogP contribution in [0, 0.1) is 5.41 Å². The first-order valence-corrected chi connectivity index (χ1v) is 5.32. The molecule has 1 unspecified atom stereocenters. The van der Waals surface area contributed by atoms with Crippen LogP contribution >= 0.6 is 0 Å². The van der Waals surface area contributed by atoms with E-state index in [9.17, 15) is 10.2 Å². The summed E-state index contributed by atoms with van der Waals surface area (Å²) < 4.78 is 7.07. The van der Waals surface area contributed by atoms with Gasteiger partial charge in [-0.05, 0) is 13.0 Å². The van der Waals surface area contributed by atoms with Crippen molar-refractivity contribution in [1.29, 1.82) is 5.41 Å². The highest BCUT2D eigenvalue weighted by molar-refractivity contribution is 5.09. The molecule has 1 aliphatic rings. The zero-order valence-corrected chi connectivity index (χ0v) is 9.32. The third-order valence-electron chi connectivity index (χ3n) is 2.90. The summed E-state index contributed by atoms with van der Waals surface area (Å²) in [5.41, 5.74) is 0.0706. The zero-order valence-electron chi connectivity index (χ0n) is 9.32. The van der Waals surface area contributed by atoms with Gasteiger partial charge in [-0.25, -0.2) is 0 Å². The Balaban J connectivity index is 2.25. The van der Waals surface area contributed by atoms with Crippen molar-refractivity contribution >= 4 is 0 Å². The molecule has 4 atom stereocenters. The van der Waals surface area contributed by atoms with Gasteiger partial charge in [0.25, 0.3) is 6.01 Å². The number of fused-ring (bicyclic) bond motifs is 1. The number of rotatable bonds is 3. The maximum absolute atomic E-state index is 9.81. The molecule has 4 N–H and O–H groups in total. The molecule has 17 heavy (non-hydrogen) atoms. The average Bonchev–Trinajstić information content (AvgIpc) is 2.64. The second-order valence-corrected chi connectivity index (χ2v) is 4.07. The van der Waals surface area contributed by atoms with Gasteiger partial charge in [-0.1, -0.05) is 0 Å². The minimum atomic E-state index is -1.26. The fraction of sp³-hybridized carbons (Fsp3) is 0.600. The number of ether oxygens (including phenoxy) is 1. The highest BCUT2D eigenvalue weighted by Gasteiger charge is 2.39. The standard InChI is InChI=1S/C10H15N3O4/c1-5-9(8(16)6(15)4-14)17-10-12-7(11)2-3-13(5)10/h2-3,5-6,8-9,11,14-16H,4H2,1H3/t5-,6-,8+,9?/m1/s1. The van der Waals surface area contributed by atoms with Crippen LogP contribution in [-0.2, 0) is 0 Å². The minimum Gasteiger partial charge on any atom is -0.456 e. The van der Waals surface area contributed by atoms with Gasteiger partial charge in [0.1, 0.15) is 12.2 Å². The molecule has 7 heteroatoms. The SMILES string of the molecule is C[C@@H]1C([C@@H](O)[C@H](O)CO)Oc2nc(=N)ccn21. The van der Waals surface area contributed by atoms with E-state index < -0.39 is 24.9 Å². The van der Waals surface area contributed by atoms with E-state index in [1.54, 1.807) is 17.7 Å². The number of hydrogen-bond donors (Lipinski definition) is 4. The van der Waals surface area contributed by atoms with Crippen molar-refractivity contribution in [2.45, 2.75) is 31.3 Å². The Morgan fingerprint density at radius 1 is 1.59 bits per heavy atom. The average molecular weight is 241 g/mol. The molecule has 1 aliphatic heterocycles. The predicted octanol–water partition coefficient (Wildman–Crippen LogP) is -1.60. The summed E-state index contributed by atoms with van der Waals surface area (Å²) in [5, 5.41) is 35.4. The molecule has 2 rings (SSSR count). The fourth-order valence-electron chi connectivity index (χ4n) is 1.87. The topological polar surface area (TPSA) is 112 Å². The van der Waals surface area contributed by atoms with Crippen LogP contribution in [0.1, 0.15) is 13.0 Å². The number of nitrogens with zero attached hydrogens (tertiary/aromatic N) is 2. The first kappa shape index (κ1) is 12.0. The molecular weight excluding hydrogens is 226 g/mol. The number of aromatic nitrogens is 2. The molecule has 0 spiro atoms. The van der Waals surface area contributed by atoms with Crippen LogP contribution in [0.4, 0.5) is 0 Å². The summed E-state index contributed by atoms with van der Waals surface area (Å²) in [7, 11) is 0.